The lowest BCUT2D eigenvalue weighted by Gasteiger charge is -2.51. The molecule has 4 nitrogen and oxygen atoms in total. The fraction of sp³-hybridized carbons (Fsp3) is 0.333. The summed E-state index contributed by atoms with van der Waals surface area (Å²) < 4.78 is 0. The zero-order chi connectivity index (χ0) is 21.6. The van der Waals surface area contributed by atoms with Gasteiger partial charge in [0.2, 0.25) is 11.8 Å². The van der Waals surface area contributed by atoms with Crippen LogP contribution in [0.3, 0.4) is 0 Å². The summed E-state index contributed by atoms with van der Waals surface area (Å²) in [5.41, 5.74) is 2.55. The van der Waals surface area contributed by atoms with Crippen LogP contribution in [0.15, 0.2) is 54.1 Å². The van der Waals surface area contributed by atoms with E-state index < -0.39 is 11.5 Å². The van der Waals surface area contributed by atoms with E-state index in [1.807, 2.05) is 43.3 Å². The number of rotatable bonds is 3. The number of anilines is 1. The average Bonchev–Trinajstić information content (AvgIpc) is 2.99. The molecule has 2 aromatic carbocycles. The van der Waals surface area contributed by atoms with Crippen LogP contribution >= 0.6 is 23.2 Å². The molecule has 2 heterocycles. The Kier molecular flexibility index (Phi) is 5.41. The molecule has 0 aromatic heterocycles. The number of halogens is 2. The van der Waals surface area contributed by atoms with Crippen molar-refractivity contribution in [3.8, 4) is 0 Å². The van der Waals surface area contributed by atoms with Crippen molar-refractivity contribution in [1.29, 1.82) is 0 Å². The van der Waals surface area contributed by atoms with Gasteiger partial charge in [-0.3, -0.25) is 9.59 Å². The number of likely N-dealkylation sites (tertiary alicyclic amines) is 1. The molecule has 1 spiro atoms. The van der Waals surface area contributed by atoms with Crippen LogP contribution < -0.4 is 5.32 Å². The third-order valence-corrected chi connectivity index (χ3v) is 7.04. The van der Waals surface area contributed by atoms with Crippen molar-refractivity contribution < 1.29 is 9.59 Å². The van der Waals surface area contributed by atoms with Crippen molar-refractivity contribution in [2.75, 3.05) is 12.4 Å². The number of amides is 2. The fourth-order valence-corrected chi connectivity index (χ4v) is 5.64. The van der Waals surface area contributed by atoms with Crippen LogP contribution in [0.25, 0.3) is 0 Å². The van der Waals surface area contributed by atoms with Crippen LogP contribution in [0.1, 0.15) is 43.7 Å². The first-order chi connectivity index (χ1) is 14.3. The Hall–Kier alpha value is -2.30. The highest BCUT2D eigenvalue weighted by Crippen LogP contribution is 2.56. The average molecular weight is 443 g/mol. The highest BCUT2D eigenvalue weighted by molar-refractivity contribution is 6.31. The van der Waals surface area contributed by atoms with Gasteiger partial charge in [0.25, 0.3) is 0 Å². The van der Waals surface area contributed by atoms with E-state index in [4.69, 9.17) is 23.2 Å². The molecular weight excluding hydrogens is 419 g/mol. The smallest absolute Gasteiger partial charge is 0.238 e. The quantitative estimate of drug-likeness (QED) is 0.632. The van der Waals surface area contributed by atoms with Crippen molar-refractivity contribution in [1.82, 2.24) is 4.90 Å². The molecule has 156 valence electrons. The number of piperidine rings is 1. The van der Waals surface area contributed by atoms with Crippen LogP contribution in [-0.2, 0) is 15.0 Å². The Bertz CT molecular complexity index is 1060. The standard InChI is InChI=1S/C24H24Cl2N2O2/c1-4-14(5-2)22-24(18-10-9-17(26)12-20(18)27-23(24)30)19(13-21(29)28(22)3)15-7-6-8-16(25)11-15/h4,6-12,19,22H,5,13H2,1-3H3,(H,27,30)/b14-4+/t19-,22+,24-/m0/s1. The molecule has 0 unspecified atom stereocenters. The minimum Gasteiger partial charge on any atom is -0.338 e. The lowest BCUT2D eigenvalue weighted by molar-refractivity contribution is -0.141. The maximum atomic E-state index is 13.8. The molecule has 0 saturated carbocycles. The van der Waals surface area contributed by atoms with E-state index in [1.54, 1.807) is 24.1 Å². The summed E-state index contributed by atoms with van der Waals surface area (Å²) in [6.45, 7) is 4.02. The van der Waals surface area contributed by atoms with E-state index in [0.29, 0.717) is 15.7 Å². The maximum Gasteiger partial charge on any atom is 0.238 e. The van der Waals surface area contributed by atoms with Gasteiger partial charge in [0.05, 0.1) is 6.04 Å². The number of hydrogen-bond acceptors (Lipinski definition) is 2. The Morgan fingerprint density at radius 3 is 2.60 bits per heavy atom. The van der Waals surface area contributed by atoms with E-state index in [2.05, 4.69) is 12.2 Å². The summed E-state index contributed by atoms with van der Waals surface area (Å²) in [7, 11) is 1.79. The van der Waals surface area contributed by atoms with E-state index in [0.717, 1.165) is 23.1 Å². The molecule has 4 rings (SSSR count). The van der Waals surface area contributed by atoms with Crippen molar-refractivity contribution in [2.24, 2.45) is 0 Å². The number of carbonyl (C=O) groups is 2. The topological polar surface area (TPSA) is 49.4 Å². The molecule has 1 fully saturated rings. The number of fused-ring (bicyclic) bond motifs is 2. The monoisotopic (exact) mass is 442 g/mol. The fourth-order valence-electron chi connectivity index (χ4n) is 5.27. The van der Waals surface area contributed by atoms with Gasteiger partial charge in [-0.15, -0.1) is 0 Å². The van der Waals surface area contributed by atoms with Crippen molar-refractivity contribution in [2.45, 2.75) is 44.1 Å². The van der Waals surface area contributed by atoms with Crippen LogP contribution in [-0.4, -0.2) is 29.8 Å². The zero-order valence-corrected chi connectivity index (χ0v) is 18.7. The predicted octanol–water partition coefficient (Wildman–Crippen LogP) is 5.55. The van der Waals surface area contributed by atoms with Gasteiger partial charge >= 0.3 is 0 Å². The third-order valence-electron chi connectivity index (χ3n) is 6.57. The van der Waals surface area contributed by atoms with Gasteiger partial charge in [0, 0.05) is 35.1 Å². The minimum absolute atomic E-state index is 0.0126. The van der Waals surface area contributed by atoms with Gasteiger partial charge in [-0.05, 0) is 48.7 Å². The largest absolute Gasteiger partial charge is 0.338 e. The highest BCUT2D eigenvalue weighted by Gasteiger charge is 2.62. The van der Waals surface area contributed by atoms with Crippen LogP contribution in [0.4, 0.5) is 5.69 Å². The molecule has 0 aliphatic carbocycles. The lowest BCUT2D eigenvalue weighted by Crippen LogP contribution is -2.62. The molecule has 30 heavy (non-hydrogen) atoms. The maximum absolute atomic E-state index is 13.8. The van der Waals surface area contributed by atoms with Gasteiger partial charge < -0.3 is 10.2 Å². The molecule has 1 N–H and O–H groups in total. The summed E-state index contributed by atoms with van der Waals surface area (Å²) >= 11 is 12.5. The highest BCUT2D eigenvalue weighted by atomic mass is 35.5. The van der Waals surface area contributed by atoms with Crippen LogP contribution in [0, 0.1) is 0 Å². The summed E-state index contributed by atoms with van der Waals surface area (Å²) in [5, 5.41) is 4.20. The van der Waals surface area contributed by atoms with Crippen LogP contribution in [0.2, 0.25) is 10.0 Å². The summed E-state index contributed by atoms with van der Waals surface area (Å²) in [5.74, 6) is -0.450. The Morgan fingerprint density at radius 2 is 1.93 bits per heavy atom. The Balaban J connectivity index is 2.06. The van der Waals surface area contributed by atoms with Crippen LogP contribution in [0.5, 0.6) is 0 Å². The van der Waals surface area contributed by atoms with E-state index in [-0.39, 0.29) is 24.2 Å². The number of allylic oxidation sites excluding steroid dienone is 1. The summed E-state index contributed by atoms with van der Waals surface area (Å²) in [6, 6.07) is 12.6. The second kappa shape index (κ2) is 7.75. The number of likely N-dealkylation sites (N-methyl/N-ethyl adjacent to an activating group) is 1. The molecular formula is C24H24Cl2N2O2. The van der Waals surface area contributed by atoms with Gasteiger partial charge in [-0.1, -0.05) is 60.0 Å². The van der Waals surface area contributed by atoms with Gasteiger partial charge in [-0.2, -0.15) is 0 Å². The lowest BCUT2D eigenvalue weighted by atomic mass is 9.58. The predicted molar refractivity (Wildman–Crippen MR) is 121 cm³/mol. The molecule has 0 radical (unpaired) electrons. The second-order valence-electron chi connectivity index (χ2n) is 7.95. The number of benzene rings is 2. The second-order valence-corrected chi connectivity index (χ2v) is 8.82. The SMILES string of the molecule is C/C=C(\CC)[C@H]1N(C)C(=O)C[C@@H](c2cccc(Cl)c2)[C@]12C(=O)Nc1cc(Cl)ccc12. The first kappa shape index (κ1) is 21.0. The van der Waals surface area contributed by atoms with Gasteiger partial charge in [0.15, 0.2) is 0 Å². The molecule has 0 bridgehead atoms. The van der Waals surface area contributed by atoms with Gasteiger partial charge in [-0.25, -0.2) is 0 Å². The molecule has 6 heteroatoms. The number of nitrogens with one attached hydrogen (secondary N) is 1. The van der Waals surface area contributed by atoms with E-state index in [9.17, 15) is 9.59 Å². The molecule has 3 atom stereocenters. The molecule has 2 aliphatic heterocycles. The van der Waals surface area contributed by atoms with Crippen molar-refractivity contribution >= 4 is 40.7 Å². The summed E-state index contributed by atoms with van der Waals surface area (Å²) in [4.78, 5) is 28.7. The molecule has 2 aliphatic rings. The first-order valence-corrected chi connectivity index (χ1v) is 10.9. The summed E-state index contributed by atoms with van der Waals surface area (Å²) in [6.07, 6.45) is 2.99. The van der Waals surface area contributed by atoms with E-state index in [1.165, 1.54) is 0 Å². The van der Waals surface area contributed by atoms with Gasteiger partial charge in [0.1, 0.15) is 5.41 Å². The molecule has 2 amide bonds. The number of hydrogen-bond donors (Lipinski definition) is 1. The Morgan fingerprint density at radius 1 is 1.20 bits per heavy atom. The number of nitrogens with zero attached hydrogens (tertiary/aromatic N) is 1. The van der Waals surface area contributed by atoms with Crippen molar-refractivity contribution in [3.05, 3.63) is 75.3 Å². The van der Waals surface area contributed by atoms with Crippen molar-refractivity contribution in [3.63, 3.8) is 0 Å². The molecule has 1 saturated heterocycles. The van der Waals surface area contributed by atoms with E-state index >= 15 is 0 Å². The normalized spacial score (nSPS) is 26.2. The third kappa shape index (κ3) is 2.97. The number of carbonyl (C=O) groups excluding carboxylic acids is 2. The first-order valence-electron chi connectivity index (χ1n) is 10.1. The Labute approximate surface area is 186 Å². The minimum atomic E-state index is -0.967. The zero-order valence-electron chi connectivity index (χ0n) is 17.2. The molecule has 2 aromatic rings.